The van der Waals surface area contributed by atoms with E-state index in [2.05, 4.69) is 5.10 Å². The molecule has 0 amide bonds. The van der Waals surface area contributed by atoms with Crippen molar-refractivity contribution in [2.45, 2.75) is 6.18 Å². The molecule has 0 bridgehead atoms. The lowest BCUT2D eigenvalue weighted by atomic mass is 10.1. The highest BCUT2D eigenvalue weighted by Gasteiger charge is 2.30. The first kappa shape index (κ1) is 13.4. The van der Waals surface area contributed by atoms with Gasteiger partial charge in [-0.05, 0) is 30.3 Å². The number of alkyl halides is 3. The summed E-state index contributed by atoms with van der Waals surface area (Å²) < 4.78 is 39.0. The Morgan fingerprint density at radius 3 is 2.38 bits per heavy atom. The van der Waals surface area contributed by atoms with Crippen LogP contribution in [0, 0.1) is 0 Å². The second-order valence-corrected chi connectivity index (χ2v) is 4.52. The highest BCUT2D eigenvalue weighted by Crippen LogP contribution is 2.29. The zero-order chi connectivity index (χ0) is 15.0. The standard InChI is InChI=1S/C15H9F3N2O/c16-15(17,18)11-4-6-12(7-5-11)20-8-13-10(9-21)2-1-3-14(13)19-20/h1-9H. The second-order valence-electron chi connectivity index (χ2n) is 4.52. The predicted octanol–water partition coefficient (Wildman–Crippen LogP) is 3.86. The lowest BCUT2D eigenvalue weighted by Crippen LogP contribution is -2.05. The second kappa shape index (κ2) is 4.73. The van der Waals surface area contributed by atoms with Crippen LogP contribution in [-0.2, 0) is 6.18 Å². The number of aromatic nitrogens is 2. The molecule has 0 aliphatic carbocycles. The molecule has 0 spiro atoms. The fraction of sp³-hybridized carbons (Fsp3) is 0.0667. The fourth-order valence-corrected chi connectivity index (χ4v) is 2.10. The molecule has 0 N–H and O–H groups in total. The fourth-order valence-electron chi connectivity index (χ4n) is 2.10. The van der Waals surface area contributed by atoms with Crippen molar-refractivity contribution in [1.82, 2.24) is 9.78 Å². The molecule has 0 aliphatic heterocycles. The van der Waals surface area contributed by atoms with Crippen LogP contribution in [0.3, 0.4) is 0 Å². The SMILES string of the molecule is O=Cc1cccc2nn(-c3ccc(C(F)(F)F)cc3)cc12. The number of halogens is 3. The smallest absolute Gasteiger partial charge is 0.298 e. The van der Waals surface area contributed by atoms with Crippen molar-refractivity contribution in [2.75, 3.05) is 0 Å². The molecule has 0 saturated heterocycles. The number of carbonyl (C=O) groups is 1. The summed E-state index contributed by atoms with van der Waals surface area (Å²) >= 11 is 0. The summed E-state index contributed by atoms with van der Waals surface area (Å²) in [7, 11) is 0. The third-order valence-electron chi connectivity index (χ3n) is 3.17. The van der Waals surface area contributed by atoms with Crippen LogP contribution in [0.15, 0.2) is 48.7 Å². The maximum Gasteiger partial charge on any atom is 0.416 e. The number of aldehydes is 1. The van der Waals surface area contributed by atoms with Gasteiger partial charge in [0.05, 0.1) is 16.8 Å². The van der Waals surface area contributed by atoms with Crippen molar-refractivity contribution in [3.63, 3.8) is 0 Å². The van der Waals surface area contributed by atoms with Gasteiger partial charge >= 0.3 is 6.18 Å². The first-order valence-corrected chi connectivity index (χ1v) is 6.10. The Morgan fingerprint density at radius 1 is 1.05 bits per heavy atom. The Kier molecular flexibility index (Phi) is 3.01. The Labute approximate surface area is 117 Å². The Bertz CT molecular complexity index is 804. The topological polar surface area (TPSA) is 34.9 Å². The summed E-state index contributed by atoms with van der Waals surface area (Å²) in [6, 6.07) is 9.79. The van der Waals surface area contributed by atoms with E-state index in [-0.39, 0.29) is 0 Å². The third kappa shape index (κ3) is 2.40. The molecule has 0 saturated carbocycles. The zero-order valence-electron chi connectivity index (χ0n) is 10.6. The Hall–Kier alpha value is -2.63. The minimum atomic E-state index is -4.36. The van der Waals surface area contributed by atoms with Crippen molar-refractivity contribution in [2.24, 2.45) is 0 Å². The average Bonchev–Trinajstić information content (AvgIpc) is 2.90. The number of hydrogen-bond donors (Lipinski definition) is 0. The molecule has 1 heterocycles. The third-order valence-corrected chi connectivity index (χ3v) is 3.17. The summed E-state index contributed by atoms with van der Waals surface area (Å²) in [6.07, 6.45) is -2.01. The average molecular weight is 290 g/mol. The van der Waals surface area contributed by atoms with Gasteiger partial charge in [-0.25, -0.2) is 4.68 Å². The van der Waals surface area contributed by atoms with E-state index in [0.29, 0.717) is 22.2 Å². The molecular formula is C15H9F3N2O. The highest BCUT2D eigenvalue weighted by molar-refractivity contribution is 5.96. The Morgan fingerprint density at radius 2 is 1.76 bits per heavy atom. The normalized spacial score (nSPS) is 11.8. The van der Waals surface area contributed by atoms with Crippen LogP contribution >= 0.6 is 0 Å². The zero-order valence-corrected chi connectivity index (χ0v) is 10.6. The van der Waals surface area contributed by atoms with Crippen molar-refractivity contribution in [3.8, 4) is 5.69 Å². The van der Waals surface area contributed by atoms with Crippen LogP contribution in [0.5, 0.6) is 0 Å². The molecule has 1 aromatic heterocycles. The van der Waals surface area contributed by atoms with Gasteiger partial charge in [0.1, 0.15) is 0 Å². The summed E-state index contributed by atoms with van der Waals surface area (Å²) in [4.78, 5) is 11.0. The maximum atomic E-state index is 12.5. The van der Waals surface area contributed by atoms with E-state index in [0.717, 1.165) is 18.4 Å². The molecule has 0 fully saturated rings. The lowest BCUT2D eigenvalue weighted by Gasteiger charge is -2.07. The van der Waals surface area contributed by atoms with E-state index in [1.54, 1.807) is 24.4 Å². The van der Waals surface area contributed by atoms with Crippen molar-refractivity contribution in [3.05, 3.63) is 59.8 Å². The number of benzene rings is 2. The molecule has 0 aliphatic rings. The van der Waals surface area contributed by atoms with Gasteiger partial charge in [0, 0.05) is 17.1 Å². The van der Waals surface area contributed by atoms with E-state index in [1.807, 2.05) is 0 Å². The monoisotopic (exact) mass is 290 g/mol. The van der Waals surface area contributed by atoms with Crippen molar-refractivity contribution in [1.29, 1.82) is 0 Å². The van der Waals surface area contributed by atoms with E-state index >= 15 is 0 Å². The van der Waals surface area contributed by atoms with Gasteiger partial charge in [0.15, 0.2) is 6.29 Å². The molecule has 3 rings (SSSR count). The van der Waals surface area contributed by atoms with Crippen LogP contribution in [0.4, 0.5) is 13.2 Å². The summed E-state index contributed by atoms with van der Waals surface area (Å²) in [5.41, 5.74) is 0.887. The Balaban J connectivity index is 2.06. The molecule has 0 atom stereocenters. The molecule has 3 nitrogen and oxygen atoms in total. The van der Waals surface area contributed by atoms with Gasteiger partial charge in [0.2, 0.25) is 0 Å². The van der Waals surface area contributed by atoms with Gasteiger partial charge in [0.25, 0.3) is 0 Å². The number of hydrogen-bond acceptors (Lipinski definition) is 2. The number of carbonyl (C=O) groups excluding carboxylic acids is 1. The first-order chi connectivity index (χ1) is 9.99. The van der Waals surface area contributed by atoms with Gasteiger partial charge in [-0.1, -0.05) is 12.1 Å². The predicted molar refractivity (Wildman–Crippen MR) is 71.5 cm³/mol. The van der Waals surface area contributed by atoms with Gasteiger partial charge in [-0.3, -0.25) is 4.79 Å². The molecule has 2 aromatic carbocycles. The van der Waals surface area contributed by atoms with Crippen LogP contribution in [0.25, 0.3) is 16.6 Å². The molecule has 0 unspecified atom stereocenters. The minimum Gasteiger partial charge on any atom is -0.298 e. The van der Waals surface area contributed by atoms with Crippen LogP contribution < -0.4 is 0 Å². The van der Waals surface area contributed by atoms with Crippen molar-refractivity contribution < 1.29 is 18.0 Å². The number of nitrogens with zero attached hydrogens (tertiary/aromatic N) is 2. The molecular weight excluding hydrogens is 281 g/mol. The van der Waals surface area contributed by atoms with E-state index in [1.165, 1.54) is 16.8 Å². The number of fused-ring (bicyclic) bond motifs is 1. The summed E-state index contributed by atoms with van der Waals surface area (Å²) in [6.45, 7) is 0. The quantitative estimate of drug-likeness (QED) is 0.672. The summed E-state index contributed by atoms with van der Waals surface area (Å²) in [5, 5.41) is 4.92. The van der Waals surface area contributed by atoms with Gasteiger partial charge in [-0.15, -0.1) is 0 Å². The van der Waals surface area contributed by atoms with Crippen LogP contribution in [-0.4, -0.2) is 16.1 Å². The van der Waals surface area contributed by atoms with Crippen molar-refractivity contribution >= 4 is 17.2 Å². The van der Waals surface area contributed by atoms with E-state index in [9.17, 15) is 18.0 Å². The van der Waals surface area contributed by atoms with Crippen LogP contribution in [0.1, 0.15) is 15.9 Å². The maximum absolute atomic E-state index is 12.5. The molecule has 6 heteroatoms. The largest absolute Gasteiger partial charge is 0.416 e. The minimum absolute atomic E-state index is 0.491. The number of rotatable bonds is 2. The molecule has 0 radical (unpaired) electrons. The highest BCUT2D eigenvalue weighted by atomic mass is 19.4. The molecule has 21 heavy (non-hydrogen) atoms. The van der Waals surface area contributed by atoms with Crippen LogP contribution in [0.2, 0.25) is 0 Å². The summed E-state index contributed by atoms with van der Waals surface area (Å²) in [5.74, 6) is 0. The van der Waals surface area contributed by atoms with Gasteiger partial charge < -0.3 is 0 Å². The first-order valence-electron chi connectivity index (χ1n) is 6.10. The molecule has 3 aromatic rings. The van der Waals surface area contributed by atoms with Gasteiger partial charge in [-0.2, -0.15) is 18.3 Å². The van der Waals surface area contributed by atoms with E-state index in [4.69, 9.17) is 0 Å². The molecule has 106 valence electrons. The van der Waals surface area contributed by atoms with E-state index < -0.39 is 11.7 Å². The lowest BCUT2D eigenvalue weighted by molar-refractivity contribution is -0.137.